The van der Waals surface area contributed by atoms with Gasteiger partial charge in [0.2, 0.25) is 0 Å². The molecule has 2 nitrogen and oxygen atoms in total. The third kappa shape index (κ3) is 3.15. The third-order valence-corrected chi connectivity index (χ3v) is 5.78. The predicted octanol–water partition coefficient (Wildman–Crippen LogP) is 4.37. The maximum absolute atomic E-state index is 3.52. The van der Waals surface area contributed by atoms with Crippen LogP contribution in [0.1, 0.15) is 43.7 Å². The first kappa shape index (κ1) is 15.2. The lowest BCUT2D eigenvalue weighted by atomic mass is 9.79. The summed E-state index contributed by atoms with van der Waals surface area (Å²) in [4.78, 5) is 2.76. The quantitative estimate of drug-likeness (QED) is 0.906. The lowest BCUT2D eigenvalue weighted by Gasteiger charge is -2.41. The molecule has 2 aliphatic rings. The summed E-state index contributed by atoms with van der Waals surface area (Å²) in [6.07, 6.45) is 7.06. The molecule has 0 amide bonds. The van der Waals surface area contributed by atoms with Gasteiger partial charge in [-0.3, -0.25) is 4.90 Å². The first-order chi connectivity index (χ1) is 11.4. The van der Waals surface area contributed by atoms with Crippen LogP contribution in [0.15, 0.2) is 42.5 Å². The average Bonchev–Trinajstić information content (AvgIpc) is 2.64. The van der Waals surface area contributed by atoms with E-state index in [1.807, 2.05) is 0 Å². The van der Waals surface area contributed by atoms with Gasteiger partial charge in [-0.1, -0.05) is 61.7 Å². The molecule has 0 spiro atoms. The van der Waals surface area contributed by atoms with Crippen LogP contribution >= 0.6 is 0 Å². The summed E-state index contributed by atoms with van der Waals surface area (Å²) in [5.41, 5.74) is 1.57. The monoisotopic (exact) mass is 308 g/mol. The zero-order valence-electron chi connectivity index (χ0n) is 14.0. The molecule has 122 valence electrons. The van der Waals surface area contributed by atoms with Crippen molar-refractivity contribution in [3.63, 3.8) is 0 Å². The number of fused-ring (bicyclic) bond motifs is 1. The molecule has 1 heterocycles. The fourth-order valence-electron chi connectivity index (χ4n) is 4.67. The molecule has 0 unspecified atom stereocenters. The molecule has 2 fully saturated rings. The van der Waals surface area contributed by atoms with E-state index in [-0.39, 0.29) is 0 Å². The number of nitrogens with zero attached hydrogens (tertiary/aromatic N) is 1. The Kier molecular flexibility index (Phi) is 4.63. The van der Waals surface area contributed by atoms with Crippen LogP contribution in [0.3, 0.4) is 0 Å². The van der Waals surface area contributed by atoms with Crippen molar-refractivity contribution in [2.45, 2.75) is 38.1 Å². The van der Waals surface area contributed by atoms with E-state index in [0.717, 1.165) is 19.0 Å². The van der Waals surface area contributed by atoms with Crippen LogP contribution in [0.2, 0.25) is 0 Å². The summed E-state index contributed by atoms with van der Waals surface area (Å²) in [5.74, 6) is 0.827. The normalized spacial score (nSPS) is 22.3. The molecule has 4 rings (SSSR count). The molecule has 1 aliphatic carbocycles. The molecule has 23 heavy (non-hydrogen) atoms. The van der Waals surface area contributed by atoms with Gasteiger partial charge in [-0.2, -0.15) is 0 Å². The standard InChI is InChI=1S/C21H28N2/c1-2-8-18(9-3-1)21(23-15-13-22-14-16-23)20-12-6-10-17-7-4-5-11-19(17)20/h4-7,10-12,18,21-22H,1-3,8-9,13-16H2/t21-/m0/s1. The second-order valence-electron chi connectivity index (χ2n) is 7.20. The third-order valence-electron chi connectivity index (χ3n) is 5.78. The van der Waals surface area contributed by atoms with Crippen molar-refractivity contribution in [3.05, 3.63) is 48.0 Å². The van der Waals surface area contributed by atoms with Crippen molar-refractivity contribution in [1.29, 1.82) is 0 Å². The summed E-state index contributed by atoms with van der Waals surface area (Å²) in [6.45, 7) is 4.64. The summed E-state index contributed by atoms with van der Waals surface area (Å²) in [6, 6.07) is 16.4. The molecular weight excluding hydrogens is 280 g/mol. The summed E-state index contributed by atoms with van der Waals surface area (Å²) >= 11 is 0. The smallest absolute Gasteiger partial charge is 0.0383 e. The molecule has 1 atom stereocenters. The summed E-state index contributed by atoms with van der Waals surface area (Å²) < 4.78 is 0. The number of benzene rings is 2. The fraction of sp³-hybridized carbons (Fsp3) is 0.524. The first-order valence-electron chi connectivity index (χ1n) is 9.36. The summed E-state index contributed by atoms with van der Waals surface area (Å²) in [5, 5.41) is 6.37. The van der Waals surface area contributed by atoms with Crippen LogP contribution in [0.4, 0.5) is 0 Å². The Morgan fingerprint density at radius 1 is 0.870 bits per heavy atom. The van der Waals surface area contributed by atoms with Gasteiger partial charge in [0.15, 0.2) is 0 Å². The molecule has 1 saturated carbocycles. The van der Waals surface area contributed by atoms with Gasteiger partial charge in [0.05, 0.1) is 0 Å². The molecule has 0 radical (unpaired) electrons. The van der Waals surface area contributed by atoms with Gasteiger partial charge in [-0.15, -0.1) is 0 Å². The second-order valence-corrected chi connectivity index (χ2v) is 7.20. The van der Waals surface area contributed by atoms with E-state index in [1.54, 1.807) is 5.56 Å². The lowest BCUT2D eigenvalue weighted by molar-refractivity contribution is 0.104. The Bertz CT molecular complexity index is 616. The topological polar surface area (TPSA) is 15.3 Å². The van der Waals surface area contributed by atoms with E-state index < -0.39 is 0 Å². The largest absolute Gasteiger partial charge is 0.314 e. The highest BCUT2D eigenvalue weighted by molar-refractivity contribution is 5.86. The molecule has 1 N–H and O–H groups in total. The molecule has 1 saturated heterocycles. The lowest BCUT2D eigenvalue weighted by Crippen LogP contribution is -2.47. The van der Waals surface area contributed by atoms with E-state index in [4.69, 9.17) is 0 Å². The first-order valence-corrected chi connectivity index (χ1v) is 9.36. The minimum atomic E-state index is 0.600. The molecule has 0 bridgehead atoms. The number of nitrogens with one attached hydrogen (secondary N) is 1. The predicted molar refractivity (Wildman–Crippen MR) is 97.7 cm³/mol. The minimum absolute atomic E-state index is 0.600. The van der Waals surface area contributed by atoms with Crippen molar-refractivity contribution >= 4 is 10.8 Å². The van der Waals surface area contributed by atoms with Crippen LogP contribution in [0.5, 0.6) is 0 Å². The van der Waals surface area contributed by atoms with E-state index in [9.17, 15) is 0 Å². The Hall–Kier alpha value is -1.38. The molecule has 2 aromatic rings. The van der Waals surface area contributed by atoms with Crippen LogP contribution in [-0.2, 0) is 0 Å². The molecule has 2 heteroatoms. The van der Waals surface area contributed by atoms with Gasteiger partial charge < -0.3 is 5.32 Å². The van der Waals surface area contributed by atoms with Gasteiger partial charge >= 0.3 is 0 Å². The zero-order valence-corrected chi connectivity index (χ0v) is 14.0. The summed E-state index contributed by atoms with van der Waals surface area (Å²) in [7, 11) is 0. The van der Waals surface area contributed by atoms with E-state index in [2.05, 4.69) is 52.7 Å². The van der Waals surface area contributed by atoms with Crippen LogP contribution in [0, 0.1) is 5.92 Å². The highest BCUT2D eigenvalue weighted by Crippen LogP contribution is 2.40. The number of hydrogen-bond donors (Lipinski definition) is 1. The van der Waals surface area contributed by atoms with Gasteiger partial charge in [-0.05, 0) is 35.1 Å². The van der Waals surface area contributed by atoms with Crippen molar-refractivity contribution in [2.24, 2.45) is 5.92 Å². The van der Waals surface area contributed by atoms with E-state index >= 15 is 0 Å². The molecule has 1 aliphatic heterocycles. The van der Waals surface area contributed by atoms with Crippen molar-refractivity contribution in [3.8, 4) is 0 Å². The van der Waals surface area contributed by atoms with Crippen molar-refractivity contribution in [1.82, 2.24) is 10.2 Å². The Morgan fingerprint density at radius 2 is 1.61 bits per heavy atom. The minimum Gasteiger partial charge on any atom is -0.314 e. The Balaban J connectivity index is 1.76. The van der Waals surface area contributed by atoms with Crippen molar-refractivity contribution in [2.75, 3.05) is 26.2 Å². The van der Waals surface area contributed by atoms with E-state index in [1.165, 1.54) is 56.0 Å². The Labute approximate surface area is 139 Å². The van der Waals surface area contributed by atoms with Crippen LogP contribution in [0.25, 0.3) is 10.8 Å². The van der Waals surface area contributed by atoms with Gasteiger partial charge in [-0.25, -0.2) is 0 Å². The zero-order chi connectivity index (χ0) is 15.5. The highest BCUT2D eigenvalue weighted by Gasteiger charge is 2.31. The Morgan fingerprint density at radius 3 is 2.43 bits per heavy atom. The van der Waals surface area contributed by atoms with Crippen LogP contribution in [-0.4, -0.2) is 31.1 Å². The SMILES string of the molecule is c1ccc2c([C@H](C3CCCCC3)N3CCNCC3)cccc2c1. The number of piperazine rings is 1. The fourth-order valence-corrected chi connectivity index (χ4v) is 4.67. The number of rotatable bonds is 3. The molecule has 0 aromatic heterocycles. The van der Waals surface area contributed by atoms with E-state index in [0.29, 0.717) is 6.04 Å². The molecular formula is C21H28N2. The maximum atomic E-state index is 3.52. The maximum Gasteiger partial charge on any atom is 0.0383 e. The van der Waals surface area contributed by atoms with Gasteiger partial charge in [0.25, 0.3) is 0 Å². The van der Waals surface area contributed by atoms with Crippen molar-refractivity contribution < 1.29 is 0 Å². The molecule has 2 aromatic carbocycles. The van der Waals surface area contributed by atoms with Gasteiger partial charge in [0, 0.05) is 32.2 Å². The van der Waals surface area contributed by atoms with Crippen LogP contribution < -0.4 is 5.32 Å². The average molecular weight is 308 g/mol. The van der Waals surface area contributed by atoms with Gasteiger partial charge in [0.1, 0.15) is 0 Å². The second kappa shape index (κ2) is 7.02. The number of hydrogen-bond acceptors (Lipinski definition) is 2. The highest BCUT2D eigenvalue weighted by atomic mass is 15.2.